The summed E-state index contributed by atoms with van der Waals surface area (Å²) in [6.45, 7) is 2.10. The Morgan fingerprint density at radius 3 is 2.52 bits per heavy atom. The van der Waals surface area contributed by atoms with E-state index in [1.807, 2.05) is 0 Å². The first kappa shape index (κ1) is 18.2. The van der Waals surface area contributed by atoms with Crippen LogP contribution in [0.2, 0.25) is 0 Å². The van der Waals surface area contributed by atoms with Crippen molar-refractivity contribution in [1.29, 1.82) is 4.78 Å². The van der Waals surface area contributed by atoms with Crippen LogP contribution < -0.4 is 4.90 Å². The summed E-state index contributed by atoms with van der Waals surface area (Å²) in [5, 5.41) is 9.75. The van der Waals surface area contributed by atoms with Gasteiger partial charge in [-0.05, 0) is 25.5 Å². The zero-order valence-corrected chi connectivity index (χ0v) is 15.8. The lowest BCUT2D eigenvalue weighted by Gasteiger charge is -2.43. The Balaban J connectivity index is 1.84. The number of nitrogens with one attached hydrogen (secondary N) is 1. The number of hydrogen-bond acceptors (Lipinski definition) is 6. The van der Waals surface area contributed by atoms with E-state index in [2.05, 4.69) is 9.97 Å². The highest BCUT2D eigenvalue weighted by atomic mass is 32.2. The molecule has 4 rings (SSSR count). The van der Waals surface area contributed by atoms with Crippen molar-refractivity contribution in [3.05, 3.63) is 35.5 Å². The molecule has 0 radical (unpaired) electrons. The van der Waals surface area contributed by atoms with Gasteiger partial charge in [0.2, 0.25) is 5.95 Å². The average Bonchev–Trinajstić information content (AvgIpc) is 2.93. The molecule has 0 saturated carbocycles. The Bertz CT molecular complexity index is 1010. The molecule has 1 fully saturated rings. The third-order valence-electron chi connectivity index (χ3n) is 5.30. The minimum atomic E-state index is -3.01. The van der Waals surface area contributed by atoms with Gasteiger partial charge in [-0.1, -0.05) is 12.1 Å². The average molecular weight is 394 g/mol. The van der Waals surface area contributed by atoms with Gasteiger partial charge in [-0.2, -0.15) is 8.78 Å². The second-order valence-electron chi connectivity index (χ2n) is 7.23. The van der Waals surface area contributed by atoms with E-state index in [-0.39, 0.29) is 30.5 Å². The molecule has 2 aliphatic rings. The van der Waals surface area contributed by atoms with E-state index in [0.29, 0.717) is 28.3 Å². The molecule has 2 N–H and O–H groups in total. The monoisotopic (exact) mass is 394 g/mol. The van der Waals surface area contributed by atoms with Crippen molar-refractivity contribution < 1.29 is 18.1 Å². The number of rotatable bonds is 3. The molecule has 1 aromatic carbocycles. The van der Waals surface area contributed by atoms with Gasteiger partial charge in [0.05, 0.1) is 27.6 Å². The van der Waals surface area contributed by atoms with Crippen LogP contribution in [0.4, 0.5) is 14.7 Å². The normalized spacial score (nSPS) is 25.6. The maximum Gasteiger partial charge on any atom is 0.290 e. The van der Waals surface area contributed by atoms with Gasteiger partial charge in [0, 0.05) is 35.2 Å². The minimum absolute atomic E-state index is 0.181. The first-order valence-corrected chi connectivity index (χ1v) is 10.6. The Labute approximate surface area is 156 Å². The lowest BCUT2D eigenvalue weighted by atomic mass is 10.0. The van der Waals surface area contributed by atoms with Gasteiger partial charge in [0.15, 0.2) is 0 Å². The number of fused-ring (bicyclic) bond motifs is 1. The molecule has 144 valence electrons. The van der Waals surface area contributed by atoms with Gasteiger partial charge >= 0.3 is 0 Å². The van der Waals surface area contributed by atoms with Crippen LogP contribution in [0.5, 0.6) is 0 Å². The number of nitrogens with zero attached hydrogens (tertiary/aromatic N) is 3. The topological polar surface area (TPSA) is 90.2 Å². The van der Waals surface area contributed by atoms with E-state index in [4.69, 9.17) is 4.78 Å². The highest BCUT2D eigenvalue weighted by Gasteiger charge is 2.45. The van der Waals surface area contributed by atoms with Crippen LogP contribution in [0.3, 0.4) is 0 Å². The zero-order chi connectivity index (χ0) is 19.6. The van der Waals surface area contributed by atoms with E-state index in [1.54, 1.807) is 36.1 Å². The molecule has 1 aromatic heterocycles. The fourth-order valence-electron chi connectivity index (χ4n) is 3.51. The third-order valence-corrected chi connectivity index (χ3v) is 6.47. The summed E-state index contributed by atoms with van der Waals surface area (Å²) in [6.07, 6.45) is 0.680. The van der Waals surface area contributed by atoms with Crippen LogP contribution in [0.15, 0.2) is 29.2 Å². The predicted molar refractivity (Wildman–Crippen MR) is 97.5 cm³/mol. The van der Waals surface area contributed by atoms with Gasteiger partial charge in [-0.25, -0.2) is 19.0 Å². The molecular weight excluding hydrogens is 374 g/mol. The van der Waals surface area contributed by atoms with Crippen molar-refractivity contribution in [2.45, 2.75) is 42.7 Å². The molecular formula is C18H20F2N4O2S. The number of aliphatic hydroxyl groups is 1. The smallest absolute Gasteiger partial charge is 0.290 e. The largest absolute Gasteiger partial charge is 0.389 e. The molecule has 0 spiro atoms. The van der Waals surface area contributed by atoms with E-state index in [0.717, 1.165) is 0 Å². The standard InChI is InChI=1S/C18H20F2N4O2S/c1-10-14(25)9-24(10)17-22-15(13-7-8-18(19,20)16(13)23-17)11-3-5-12(6-4-11)27(2,21)26/h3-6,10,14,21,25H,7-9H2,1-2H3/t10-,14+,27?/m0/s1. The highest BCUT2D eigenvalue weighted by Crippen LogP contribution is 2.44. The predicted octanol–water partition coefficient (Wildman–Crippen LogP) is 2.79. The Morgan fingerprint density at radius 1 is 1.30 bits per heavy atom. The number of aromatic nitrogens is 2. The Kier molecular flexibility index (Phi) is 4.01. The van der Waals surface area contributed by atoms with Gasteiger partial charge in [-0.15, -0.1) is 0 Å². The molecule has 2 aromatic rings. The van der Waals surface area contributed by atoms with Crippen molar-refractivity contribution in [2.75, 3.05) is 17.7 Å². The second kappa shape index (κ2) is 5.93. The Hall–Kier alpha value is -2.13. The highest BCUT2D eigenvalue weighted by molar-refractivity contribution is 7.91. The lowest BCUT2D eigenvalue weighted by molar-refractivity contribution is -0.00603. The molecule has 0 bridgehead atoms. The van der Waals surface area contributed by atoms with Gasteiger partial charge in [0.25, 0.3) is 5.92 Å². The van der Waals surface area contributed by atoms with Gasteiger partial charge in [-0.3, -0.25) is 0 Å². The number of benzene rings is 1. The number of aliphatic hydroxyl groups excluding tert-OH is 1. The summed E-state index contributed by atoms with van der Waals surface area (Å²) in [5.41, 5.74) is 1.22. The quantitative estimate of drug-likeness (QED) is 0.836. The lowest BCUT2D eigenvalue weighted by Crippen LogP contribution is -2.59. The van der Waals surface area contributed by atoms with Crippen molar-refractivity contribution in [3.63, 3.8) is 0 Å². The van der Waals surface area contributed by atoms with E-state index >= 15 is 0 Å². The van der Waals surface area contributed by atoms with Gasteiger partial charge in [0.1, 0.15) is 5.69 Å². The molecule has 1 aliphatic heterocycles. The fourth-order valence-corrected chi connectivity index (χ4v) is 4.16. The number of β-amino-alcohol motifs (C(OH)–C–C–N with tert-alkyl or cyclic N) is 1. The molecule has 1 aliphatic carbocycles. The van der Waals surface area contributed by atoms with Crippen LogP contribution in [0.25, 0.3) is 11.3 Å². The maximum absolute atomic E-state index is 14.4. The van der Waals surface area contributed by atoms with Crippen LogP contribution in [0, 0.1) is 4.78 Å². The number of halogens is 2. The molecule has 2 heterocycles. The molecule has 27 heavy (non-hydrogen) atoms. The van der Waals surface area contributed by atoms with Gasteiger partial charge < -0.3 is 10.0 Å². The van der Waals surface area contributed by atoms with Crippen LogP contribution in [-0.2, 0) is 22.1 Å². The third kappa shape index (κ3) is 2.98. The Morgan fingerprint density at radius 2 is 1.96 bits per heavy atom. The van der Waals surface area contributed by atoms with E-state index in [1.165, 1.54) is 6.26 Å². The summed E-state index contributed by atoms with van der Waals surface area (Å²) in [6, 6.07) is 6.22. The van der Waals surface area contributed by atoms with Crippen molar-refractivity contribution >= 4 is 15.7 Å². The SMILES string of the molecule is C[C@H]1[C@H](O)CN1c1nc(-c2ccc(S(C)(=N)=O)cc2)c2c(n1)C(F)(F)CC2. The number of hydrogen-bond donors (Lipinski definition) is 2. The summed E-state index contributed by atoms with van der Waals surface area (Å²) >= 11 is 0. The molecule has 6 nitrogen and oxygen atoms in total. The minimum Gasteiger partial charge on any atom is -0.389 e. The number of alkyl halides is 2. The molecule has 3 atom stereocenters. The number of anilines is 1. The first-order chi connectivity index (χ1) is 12.6. The van der Waals surface area contributed by atoms with E-state index in [9.17, 15) is 18.1 Å². The van der Waals surface area contributed by atoms with Crippen molar-refractivity contribution in [2.24, 2.45) is 0 Å². The van der Waals surface area contributed by atoms with Crippen molar-refractivity contribution in [1.82, 2.24) is 9.97 Å². The van der Waals surface area contributed by atoms with E-state index < -0.39 is 21.8 Å². The molecule has 1 saturated heterocycles. The maximum atomic E-state index is 14.4. The molecule has 0 amide bonds. The van der Waals surface area contributed by atoms with Crippen LogP contribution in [-0.4, -0.2) is 44.2 Å². The summed E-state index contributed by atoms with van der Waals surface area (Å²) in [7, 11) is -2.85. The summed E-state index contributed by atoms with van der Waals surface area (Å²) in [4.78, 5) is 10.7. The second-order valence-corrected chi connectivity index (χ2v) is 9.39. The zero-order valence-electron chi connectivity index (χ0n) is 14.9. The molecule has 1 unspecified atom stereocenters. The van der Waals surface area contributed by atoms with Crippen LogP contribution in [0.1, 0.15) is 24.6 Å². The summed E-state index contributed by atoms with van der Waals surface area (Å²) < 4.78 is 48.3. The van der Waals surface area contributed by atoms with Crippen LogP contribution >= 0.6 is 0 Å². The fraction of sp³-hybridized carbons (Fsp3) is 0.444. The van der Waals surface area contributed by atoms with Crippen molar-refractivity contribution in [3.8, 4) is 11.3 Å². The summed E-state index contributed by atoms with van der Waals surface area (Å²) in [5.74, 6) is -2.82. The molecule has 9 heteroatoms. The first-order valence-electron chi connectivity index (χ1n) is 8.66.